The van der Waals surface area contributed by atoms with Gasteiger partial charge in [-0.25, -0.2) is 4.98 Å². The zero-order valence-corrected chi connectivity index (χ0v) is 11.7. The monoisotopic (exact) mass is 306 g/mol. The van der Waals surface area contributed by atoms with Crippen molar-refractivity contribution in [1.29, 1.82) is 0 Å². The Morgan fingerprint density at radius 1 is 1.38 bits per heavy atom. The summed E-state index contributed by atoms with van der Waals surface area (Å²) >= 11 is 6.03. The molecule has 108 valence electrons. The van der Waals surface area contributed by atoms with Crippen LogP contribution in [0.25, 0.3) is 0 Å². The first-order valence-corrected chi connectivity index (χ1v) is 6.29. The number of aromatic nitrogens is 1. The highest BCUT2D eigenvalue weighted by atomic mass is 35.5. The molecule has 0 unspecified atom stereocenters. The van der Waals surface area contributed by atoms with Gasteiger partial charge in [0, 0.05) is 24.9 Å². The zero-order valence-electron chi connectivity index (χ0n) is 11.0. The summed E-state index contributed by atoms with van der Waals surface area (Å²) in [5.41, 5.74) is 0.848. The van der Waals surface area contributed by atoms with Crippen molar-refractivity contribution in [3.05, 3.63) is 51.7 Å². The Hall–Kier alpha value is -2.67. The van der Waals surface area contributed by atoms with Gasteiger partial charge in [-0.15, -0.1) is 0 Å². The highest BCUT2D eigenvalue weighted by Gasteiger charge is 2.14. The zero-order chi connectivity index (χ0) is 15.4. The summed E-state index contributed by atoms with van der Waals surface area (Å²) in [6.07, 6.45) is 1.45. The maximum atomic E-state index is 11.0. The molecule has 0 aliphatic rings. The van der Waals surface area contributed by atoms with Gasteiger partial charge in [0.1, 0.15) is 0 Å². The van der Waals surface area contributed by atoms with E-state index in [1.807, 2.05) is 0 Å². The van der Waals surface area contributed by atoms with Crippen LogP contribution in [0.2, 0.25) is 5.02 Å². The number of amides is 1. The molecule has 2 N–H and O–H groups in total. The first-order valence-electron chi connectivity index (χ1n) is 5.91. The van der Waals surface area contributed by atoms with Crippen LogP contribution >= 0.6 is 11.6 Å². The van der Waals surface area contributed by atoms with Crippen LogP contribution in [0.15, 0.2) is 36.5 Å². The van der Waals surface area contributed by atoms with Crippen LogP contribution in [0.5, 0.6) is 0 Å². The smallest absolute Gasteiger partial charge is 0.311 e. The number of benzene rings is 1. The third-order valence-corrected chi connectivity index (χ3v) is 2.84. The summed E-state index contributed by atoms with van der Waals surface area (Å²) in [5, 5.41) is 16.6. The lowest BCUT2D eigenvalue weighted by molar-refractivity contribution is -0.384. The number of hydrogen-bond acceptors (Lipinski definition) is 5. The fourth-order valence-electron chi connectivity index (χ4n) is 1.66. The van der Waals surface area contributed by atoms with Gasteiger partial charge >= 0.3 is 5.69 Å². The van der Waals surface area contributed by atoms with Gasteiger partial charge in [-0.1, -0.05) is 11.6 Å². The Kier molecular flexibility index (Phi) is 4.34. The van der Waals surface area contributed by atoms with Crippen molar-refractivity contribution in [1.82, 2.24) is 4.98 Å². The van der Waals surface area contributed by atoms with Gasteiger partial charge in [-0.3, -0.25) is 14.9 Å². The summed E-state index contributed by atoms with van der Waals surface area (Å²) in [4.78, 5) is 25.3. The second-order valence-electron chi connectivity index (χ2n) is 4.13. The second-order valence-corrected chi connectivity index (χ2v) is 4.54. The number of pyridine rings is 1. The SMILES string of the molecule is CC(=O)Nc1ccc(Nc2ncccc2[N+](=O)[O-])cc1Cl. The molecule has 0 aliphatic heterocycles. The number of halogens is 1. The summed E-state index contributed by atoms with van der Waals surface area (Å²) in [5.74, 6) is -0.121. The molecular weight excluding hydrogens is 296 g/mol. The van der Waals surface area contributed by atoms with Crippen LogP contribution < -0.4 is 10.6 Å². The predicted octanol–water partition coefficient (Wildman–Crippen LogP) is 3.35. The minimum absolute atomic E-state index is 0.117. The largest absolute Gasteiger partial charge is 0.334 e. The topological polar surface area (TPSA) is 97.2 Å². The molecule has 2 rings (SSSR count). The third-order valence-electron chi connectivity index (χ3n) is 2.53. The van der Waals surface area contributed by atoms with Crippen molar-refractivity contribution in [3.8, 4) is 0 Å². The third kappa shape index (κ3) is 3.67. The van der Waals surface area contributed by atoms with E-state index in [0.29, 0.717) is 16.4 Å². The van der Waals surface area contributed by atoms with Crippen LogP contribution in [0.3, 0.4) is 0 Å². The van der Waals surface area contributed by atoms with Crippen molar-refractivity contribution < 1.29 is 9.72 Å². The quantitative estimate of drug-likeness (QED) is 0.667. The van der Waals surface area contributed by atoms with E-state index in [9.17, 15) is 14.9 Å². The lowest BCUT2D eigenvalue weighted by atomic mass is 10.2. The Morgan fingerprint density at radius 3 is 2.76 bits per heavy atom. The average Bonchev–Trinajstić information content (AvgIpc) is 2.42. The Balaban J connectivity index is 2.27. The van der Waals surface area contributed by atoms with Gasteiger partial charge in [0.05, 0.1) is 15.6 Å². The molecule has 0 aliphatic carbocycles. The van der Waals surface area contributed by atoms with Crippen LogP contribution in [0.1, 0.15) is 6.92 Å². The van der Waals surface area contributed by atoms with Crippen LogP contribution in [-0.2, 0) is 4.79 Å². The maximum Gasteiger partial charge on any atom is 0.311 e. The fourth-order valence-corrected chi connectivity index (χ4v) is 1.89. The number of hydrogen-bond donors (Lipinski definition) is 2. The molecule has 21 heavy (non-hydrogen) atoms. The molecule has 0 saturated carbocycles. The van der Waals surface area contributed by atoms with E-state index >= 15 is 0 Å². The molecule has 7 nitrogen and oxygen atoms in total. The number of rotatable bonds is 4. The van der Waals surface area contributed by atoms with Crippen molar-refractivity contribution in [2.24, 2.45) is 0 Å². The van der Waals surface area contributed by atoms with Gasteiger partial charge in [0.15, 0.2) is 0 Å². The summed E-state index contributed by atoms with van der Waals surface area (Å²) in [6, 6.07) is 7.61. The summed E-state index contributed by atoms with van der Waals surface area (Å²) in [6.45, 7) is 1.37. The van der Waals surface area contributed by atoms with Crippen molar-refractivity contribution in [2.45, 2.75) is 6.92 Å². The van der Waals surface area contributed by atoms with Gasteiger partial charge in [-0.05, 0) is 24.3 Å². The van der Waals surface area contributed by atoms with E-state index in [0.717, 1.165) is 0 Å². The van der Waals surface area contributed by atoms with E-state index in [2.05, 4.69) is 15.6 Å². The molecule has 1 amide bonds. The lowest BCUT2D eigenvalue weighted by Crippen LogP contribution is -2.06. The first-order chi connectivity index (χ1) is 9.97. The van der Waals surface area contributed by atoms with Gasteiger partial charge in [0.2, 0.25) is 11.7 Å². The highest BCUT2D eigenvalue weighted by Crippen LogP contribution is 2.29. The van der Waals surface area contributed by atoms with E-state index in [1.165, 1.54) is 25.3 Å². The van der Waals surface area contributed by atoms with Gasteiger partial charge in [0.25, 0.3) is 0 Å². The molecule has 1 aromatic heterocycles. The van der Waals surface area contributed by atoms with E-state index in [4.69, 9.17) is 11.6 Å². The van der Waals surface area contributed by atoms with Crippen LogP contribution in [-0.4, -0.2) is 15.8 Å². The number of carbonyl (C=O) groups excluding carboxylic acids is 1. The highest BCUT2D eigenvalue weighted by molar-refractivity contribution is 6.34. The lowest BCUT2D eigenvalue weighted by Gasteiger charge is -2.09. The normalized spacial score (nSPS) is 10.0. The number of anilines is 3. The molecule has 0 saturated heterocycles. The van der Waals surface area contributed by atoms with Gasteiger partial charge < -0.3 is 10.6 Å². The van der Waals surface area contributed by atoms with Gasteiger partial charge in [-0.2, -0.15) is 0 Å². The minimum atomic E-state index is -0.525. The second kappa shape index (κ2) is 6.19. The van der Waals surface area contributed by atoms with Crippen molar-refractivity contribution in [3.63, 3.8) is 0 Å². The number of nitro groups is 1. The number of carbonyl (C=O) groups is 1. The average molecular weight is 307 g/mol. The first kappa shape index (κ1) is 14.7. The molecule has 1 heterocycles. The molecule has 0 radical (unpaired) electrons. The standard InChI is InChI=1S/C13H11ClN4O3/c1-8(19)16-11-5-4-9(7-10(11)14)17-13-12(18(20)21)3-2-6-15-13/h2-7H,1H3,(H,15,17)(H,16,19). The number of nitrogens with one attached hydrogen (secondary N) is 2. The Bertz CT molecular complexity index is 706. The fraction of sp³-hybridized carbons (Fsp3) is 0.0769. The molecular formula is C13H11ClN4O3. The van der Waals surface area contributed by atoms with E-state index in [1.54, 1.807) is 18.2 Å². The minimum Gasteiger partial charge on any atom is -0.334 e. The van der Waals surface area contributed by atoms with Crippen molar-refractivity contribution in [2.75, 3.05) is 10.6 Å². The van der Waals surface area contributed by atoms with Crippen molar-refractivity contribution >= 4 is 40.4 Å². The Morgan fingerprint density at radius 2 is 2.14 bits per heavy atom. The molecule has 2 aromatic rings. The molecule has 0 fully saturated rings. The van der Waals surface area contributed by atoms with E-state index in [-0.39, 0.29) is 17.4 Å². The molecule has 1 aromatic carbocycles. The van der Waals surface area contributed by atoms with Crippen LogP contribution in [0.4, 0.5) is 22.9 Å². The molecule has 0 atom stereocenters. The summed E-state index contributed by atoms with van der Waals surface area (Å²) < 4.78 is 0. The molecule has 8 heteroatoms. The van der Waals surface area contributed by atoms with Crippen LogP contribution in [0, 0.1) is 10.1 Å². The maximum absolute atomic E-state index is 11.0. The van der Waals surface area contributed by atoms with E-state index < -0.39 is 4.92 Å². The number of nitrogens with zero attached hydrogens (tertiary/aromatic N) is 2. The summed E-state index contributed by atoms with van der Waals surface area (Å²) in [7, 11) is 0. The predicted molar refractivity (Wildman–Crippen MR) is 79.9 cm³/mol. The molecule has 0 spiro atoms. The Labute approximate surface area is 125 Å². The molecule has 0 bridgehead atoms.